The summed E-state index contributed by atoms with van der Waals surface area (Å²) in [7, 11) is 0. The minimum absolute atomic E-state index is 0.613. The van der Waals surface area contributed by atoms with Gasteiger partial charge in [-0.05, 0) is 43.4 Å². The monoisotopic (exact) mass is 248 g/mol. The van der Waals surface area contributed by atoms with Crippen molar-refractivity contribution >= 4 is 5.97 Å². The van der Waals surface area contributed by atoms with Gasteiger partial charge in [0.2, 0.25) is 0 Å². The van der Waals surface area contributed by atoms with Crippen LogP contribution in [-0.4, -0.2) is 17.2 Å². The summed E-state index contributed by atoms with van der Waals surface area (Å²) in [5.74, 6) is 0.341. The van der Waals surface area contributed by atoms with Crippen molar-refractivity contribution in [1.29, 1.82) is 0 Å². The molecule has 0 heterocycles. The lowest BCUT2D eigenvalue weighted by atomic mass is 9.84. The maximum absolute atomic E-state index is 10.8. The SMILES string of the molecule is C[C@H](Oc1cccc(C2CCCCC2)c1)C(=O)O. The number of carbonyl (C=O) groups is 1. The van der Waals surface area contributed by atoms with Gasteiger partial charge in [-0.25, -0.2) is 4.79 Å². The fraction of sp³-hybridized carbons (Fsp3) is 0.533. The predicted molar refractivity (Wildman–Crippen MR) is 70.0 cm³/mol. The second kappa shape index (κ2) is 5.89. The minimum atomic E-state index is -0.932. The van der Waals surface area contributed by atoms with Crippen molar-refractivity contribution < 1.29 is 14.6 Å². The molecule has 0 bridgehead atoms. The topological polar surface area (TPSA) is 46.5 Å². The van der Waals surface area contributed by atoms with Crippen LogP contribution in [0.5, 0.6) is 5.75 Å². The summed E-state index contributed by atoms with van der Waals surface area (Å²) in [5, 5.41) is 8.84. The van der Waals surface area contributed by atoms with Gasteiger partial charge in [0.15, 0.2) is 6.10 Å². The quantitative estimate of drug-likeness (QED) is 0.885. The lowest BCUT2D eigenvalue weighted by Gasteiger charge is -2.22. The van der Waals surface area contributed by atoms with Crippen molar-refractivity contribution in [1.82, 2.24) is 0 Å². The first-order valence-corrected chi connectivity index (χ1v) is 6.66. The molecule has 1 fully saturated rings. The Morgan fingerprint density at radius 3 is 2.72 bits per heavy atom. The third-order valence-corrected chi connectivity index (χ3v) is 3.60. The minimum Gasteiger partial charge on any atom is -0.479 e. The Hall–Kier alpha value is -1.51. The van der Waals surface area contributed by atoms with Gasteiger partial charge in [0.05, 0.1) is 0 Å². The third kappa shape index (κ3) is 3.25. The lowest BCUT2D eigenvalue weighted by molar-refractivity contribution is -0.144. The maximum Gasteiger partial charge on any atom is 0.344 e. The van der Waals surface area contributed by atoms with Gasteiger partial charge in [0.25, 0.3) is 0 Å². The van der Waals surface area contributed by atoms with Crippen LogP contribution in [-0.2, 0) is 4.79 Å². The van der Waals surface area contributed by atoms with Gasteiger partial charge in [-0.3, -0.25) is 0 Å². The van der Waals surface area contributed by atoms with Gasteiger partial charge in [0.1, 0.15) is 5.75 Å². The van der Waals surface area contributed by atoms with Gasteiger partial charge < -0.3 is 9.84 Å². The summed E-state index contributed by atoms with van der Waals surface area (Å²) >= 11 is 0. The Labute approximate surface area is 108 Å². The summed E-state index contributed by atoms with van der Waals surface area (Å²) in [4.78, 5) is 10.8. The molecule has 0 aromatic heterocycles. The first-order valence-electron chi connectivity index (χ1n) is 6.66. The molecule has 1 N–H and O–H groups in total. The largest absolute Gasteiger partial charge is 0.479 e. The smallest absolute Gasteiger partial charge is 0.344 e. The number of ether oxygens (including phenoxy) is 1. The number of aliphatic carboxylic acids is 1. The molecule has 1 aliphatic rings. The zero-order chi connectivity index (χ0) is 13.0. The van der Waals surface area contributed by atoms with E-state index in [4.69, 9.17) is 9.84 Å². The van der Waals surface area contributed by atoms with E-state index in [-0.39, 0.29) is 0 Å². The van der Waals surface area contributed by atoms with Crippen molar-refractivity contribution in [2.45, 2.75) is 51.0 Å². The number of rotatable bonds is 4. The molecule has 0 saturated heterocycles. The van der Waals surface area contributed by atoms with Crippen LogP contribution in [0.25, 0.3) is 0 Å². The second-order valence-corrected chi connectivity index (χ2v) is 5.01. The summed E-state index contributed by atoms with van der Waals surface area (Å²) in [5.41, 5.74) is 1.28. The Morgan fingerprint density at radius 1 is 1.33 bits per heavy atom. The second-order valence-electron chi connectivity index (χ2n) is 5.01. The Morgan fingerprint density at radius 2 is 2.06 bits per heavy atom. The number of benzene rings is 1. The van der Waals surface area contributed by atoms with Crippen LogP contribution in [0.3, 0.4) is 0 Å². The summed E-state index contributed by atoms with van der Waals surface area (Å²) in [6, 6.07) is 7.89. The Kier molecular flexibility index (Phi) is 4.24. The number of hydrogen-bond donors (Lipinski definition) is 1. The normalized spacial score (nSPS) is 18.3. The summed E-state index contributed by atoms with van der Waals surface area (Å²) in [6.07, 6.45) is 5.59. The van der Waals surface area contributed by atoms with E-state index >= 15 is 0 Å². The average Bonchev–Trinajstić information content (AvgIpc) is 2.40. The highest BCUT2D eigenvalue weighted by Crippen LogP contribution is 2.33. The fourth-order valence-corrected chi connectivity index (χ4v) is 2.53. The van der Waals surface area contributed by atoms with Crippen molar-refractivity contribution in [3.8, 4) is 5.75 Å². The van der Waals surface area contributed by atoms with Crippen LogP contribution >= 0.6 is 0 Å². The molecule has 1 atom stereocenters. The van der Waals surface area contributed by atoms with Crippen molar-refractivity contribution in [3.05, 3.63) is 29.8 Å². The molecule has 1 aromatic carbocycles. The summed E-state index contributed by atoms with van der Waals surface area (Å²) in [6.45, 7) is 1.55. The van der Waals surface area contributed by atoms with Crippen molar-refractivity contribution in [2.24, 2.45) is 0 Å². The van der Waals surface area contributed by atoms with Crippen molar-refractivity contribution in [3.63, 3.8) is 0 Å². The molecule has 2 rings (SSSR count). The molecule has 3 heteroatoms. The molecule has 18 heavy (non-hydrogen) atoms. The molecule has 0 aliphatic heterocycles. The lowest BCUT2D eigenvalue weighted by Crippen LogP contribution is -2.22. The van der Waals surface area contributed by atoms with Gasteiger partial charge in [-0.15, -0.1) is 0 Å². The molecular weight excluding hydrogens is 228 g/mol. The Balaban J connectivity index is 2.06. The zero-order valence-electron chi connectivity index (χ0n) is 10.8. The summed E-state index contributed by atoms with van der Waals surface area (Å²) < 4.78 is 5.41. The zero-order valence-corrected chi connectivity index (χ0v) is 10.8. The molecule has 0 radical (unpaired) electrons. The highest BCUT2D eigenvalue weighted by atomic mass is 16.5. The number of carboxylic acid groups (broad SMARTS) is 1. The predicted octanol–water partition coefficient (Wildman–Crippen LogP) is 3.59. The van der Waals surface area contributed by atoms with Crippen LogP contribution in [0, 0.1) is 0 Å². The van der Waals surface area contributed by atoms with E-state index < -0.39 is 12.1 Å². The van der Waals surface area contributed by atoms with Crippen LogP contribution in [0.2, 0.25) is 0 Å². The van der Waals surface area contributed by atoms with Crippen molar-refractivity contribution in [2.75, 3.05) is 0 Å². The molecule has 1 aromatic rings. The van der Waals surface area contributed by atoms with E-state index in [0.29, 0.717) is 11.7 Å². The van der Waals surface area contributed by atoms with Crippen LogP contribution in [0.15, 0.2) is 24.3 Å². The average molecular weight is 248 g/mol. The Bertz CT molecular complexity index is 408. The van der Waals surface area contributed by atoms with E-state index in [1.54, 1.807) is 6.92 Å². The molecule has 0 unspecified atom stereocenters. The van der Waals surface area contributed by atoms with Crippen LogP contribution < -0.4 is 4.74 Å². The molecular formula is C15H20O3. The molecule has 1 saturated carbocycles. The van der Waals surface area contributed by atoms with E-state index in [9.17, 15) is 4.79 Å². The van der Waals surface area contributed by atoms with E-state index in [0.717, 1.165) is 0 Å². The van der Waals surface area contributed by atoms with Crippen LogP contribution in [0.4, 0.5) is 0 Å². The molecule has 0 spiro atoms. The van der Waals surface area contributed by atoms with Crippen LogP contribution in [0.1, 0.15) is 50.5 Å². The van der Waals surface area contributed by atoms with E-state index in [1.807, 2.05) is 18.2 Å². The highest BCUT2D eigenvalue weighted by molar-refractivity contribution is 5.72. The fourth-order valence-electron chi connectivity index (χ4n) is 2.53. The first kappa shape index (κ1) is 12.9. The molecule has 3 nitrogen and oxygen atoms in total. The first-order chi connectivity index (χ1) is 8.66. The standard InChI is InChI=1S/C15H20O3/c1-11(15(16)17)18-14-9-5-8-13(10-14)12-6-3-2-4-7-12/h5,8-12H,2-4,6-7H2,1H3,(H,16,17)/t11-/m0/s1. The van der Waals surface area contributed by atoms with Gasteiger partial charge >= 0.3 is 5.97 Å². The maximum atomic E-state index is 10.8. The molecule has 1 aliphatic carbocycles. The third-order valence-electron chi connectivity index (χ3n) is 3.60. The number of hydrogen-bond acceptors (Lipinski definition) is 2. The number of carboxylic acids is 1. The molecule has 0 amide bonds. The van der Waals surface area contributed by atoms with Gasteiger partial charge in [-0.1, -0.05) is 31.4 Å². The van der Waals surface area contributed by atoms with Gasteiger partial charge in [0, 0.05) is 0 Å². The van der Waals surface area contributed by atoms with E-state index in [2.05, 4.69) is 6.07 Å². The molecule has 98 valence electrons. The van der Waals surface area contributed by atoms with E-state index in [1.165, 1.54) is 37.7 Å². The highest BCUT2D eigenvalue weighted by Gasteiger charge is 2.17. The van der Waals surface area contributed by atoms with Gasteiger partial charge in [-0.2, -0.15) is 0 Å².